The Kier molecular flexibility index (Phi) is 7.21. The molecule has 2 saturated heterocycles. The molecule has 1 amide bonds. The molecular weight excluding hydrogens is 380 g/mol. The number of hydrogen-bond acceptors (Lipinski definition) is 3. The summed E-state index contributed by atoms with van der Waals surface area (Å²) in [4.78, 5) is 16.9. The lowest BCUT2D eigenvalue weighted by atomic mass is 9.79. The van der Waals surface area contributed by atoms with Crippen LogP contribution < -0.4 is 0 Å². The van der Waals surface area contributed by atoms with Crippen molar-refractivity contribution in [3.63, 3.8) is 0 Å². The van der Waals surface area contributed by atoms with E-state index in [0.717, 1.165) is 37.9 Å². The number of amides is 1. The number of carbonyl (C=O) groups excluding carboxylic acids is 1. The number of carbonyl (C=O) groups is 1. The van der Waals surface area contributed by atoms with Gasteiger partial charge in [0.1, 0.15) is 0 Å². The highest BCUT2D eigenvalue weighted by molar-refractivity contribution is 7.86. The molecule has 0 spiro atoms. The van der Waals surface area contributed by atoms with E-state index in [9.17, 15) is 9.00 Å². The zero-order chi connectivity index (χ0) is 21.2. The Morgan fingerprint density at radius 2 is 1.72 bits per heavy atom. The first-order chi connectivity index (χ1) is 13.6. The van der Waals surface area contributed by atoms with Crippen molar-refractivity contribution in [2.45, 2.75) is 69.7 Å². The molecule has 2 aliphatic rings. The van der Waals surface area contributed by atoms with E-state index in [0.29, 0.717) is 30.5 Å². The molecule has 3 rings (SSSR count). The summed E-state index contributed by atoms with van der Waals surface area (Å²) in [5.74, 6) is 1.99. The van der Waals surface area contributed by atoms with Crippen molar-refractivity contribution in [1.82, 2.24) is 9.80 Å². The zero-order valence-corrected chi connectivity index (χ0v) is 19.6. The molecule has 0 N–H and O–H groups in total. The van der Waals surface area contributed by atoms with Gasteiger partial charge in [0.15, 0.2) is 0 Å². The van der Waals surface area contributed by atoms with E-state index in [4.69, 9.17) is 0 Å². The van der Waals surface area contributed by atoms with Gasteiger partial charge in [-0.1, -0.05) is 30.3 Å². The molecule has 162 valence electrons. The summed E-state index contributed by atoms with van der Waals surface area (Å²) >= 11 is 0. The molecule has 0 aliphatic carbocycles. The van der Waals surface area contributed by atoms with Gasteiger partial charge in [-0.3, -0.25) is 9.00 Å². The van der Waals surface area contributed by atoms with Crippen LogP contribution in [0.1, 0.15) is 52.0 Å². The fourth-order valence-corrected chi connectivity index (χ4v) is 6.37. The number of fused-ring (bicyclic) bond motifs is 2. The molecule has 2 aliphatic heterocycles. The Bertz CT molecular complexity index is 699. The van der Waals surface area contributed by atoms with E-state index >= 15 is 0 Å². The SMILES string of the molecule is CN(C)CC(=O)N1[C@@H]2CC[C@H]1CC([C@@H](Cc1ccccc1)C[S@@](=O)C(C)(C)C)C2. The molecule has 1 aromatic carbocycles. The normalized spacial score (nSPS) is 26.6. The number of piperidine rings is 1. The monoisotopic (exact) mass is 418 g/mol. The van der Waals surface area contributed by atoms with Crippen molar-refractivity contribution in [2.75, 3.05) is 26.4 Å². The predicted molar refractivity (Wildman–Crippen MR) is 121 cm³/mol. The van der Waals surface area contributed by atoms with Gasteiger partial charge in [0.25, 0.3) is 0 Å². The van der Waals surface area contributed by atoms with Crippen molar-refractivity contribution in [2.24, 2.45) is 11.8 Å². The topological polar surface area (TPSA) is 40.6 Å². The van der Waals surface area contributed by atoms with Crippen LogP contribution in [-0.2, 0) is 22.0 Å². The highest BCUT2D eigenvalue weighted by atomic mass is 32.2. The Morgan fingerprint density at radius 1 is 1.14 bits per heavy atom. The molecule has 1 aromatic rings. The third kappa shape index (κ3) is 5.69. The molecule has 2 fully saturated rings. The van der Waals surface area contributed by atoms with Gasteiger partial charge in [-0.05, 0) is 84.4 Å². The first-order valence-corrected chi connectivity index (χ1v) is 12.4. The first-order valence-electron chi connectivity index (χ1n) is 11.0. The third-order valence-corrected chi connectivity index (χ3v) is 8.66. The van der Waals surface area contributed by atoms with Crippen LogP contribution in [0, 0.1) is 11.8 Å². The van der Waals surface area contributed by atoms with Crippen LogP contribution in [0.25, 0.3) is 0 Å². The predicted octanol–water partition coefficient (Wildman–Crippen LogP) is 3.72. The van der Waals surface area contributed by atoms with E-state index < -0.39 is 10.8 Å². The Labute approximate surface area is 179 Å². The average Bonchev–Trinajstić information content (AvgIpc) is 2.90. The van der Waals surface area contributed by atoms with E-state index in [1.54, 1.807) is 0 Å². The van der Waals surface area contributed by atoms with Crippen LogP contribution in [0.2, 0.25) is 0 Å². The Morgan fingerprint density at radius 3 is 2.24 bits per heavy atom. The molecular formula is C24H38N2O2S. The second-order valence-electron chi connectivity index (χ2n) is 10.2. The second-order valence-corrected chi connectivity index (χ2v) is 12.5. The summed E-state index contributed by atoms with van der Waals surface area (Å²) in [5, 5.41) is 0. The van der Waals surface area contributed by atoms with Crippen molar-refractivity contribution in [1.29, 1.82) is 0 Å². The summed E-state index contributed by atoms with van der Waals surface area (Å²) < 4.78 is 12.8. The van der Waals surface area contributed by atoms with Gasteiger partial charge >= 0.3 is 0 Å². The van der Waals surface area contributed by atoms with E-state index in [2.05, 4.69) is 56.0 Å². The lowest BCUT2D eigenvalue weighted by molar-refractivity contribution is -0.137. The minimum Gasteiger partial charge on any atom is -0.336 e. The van der Waals surface area contributed by atoms with Crippen molar-refractivity contribution in [3.05, 3.63) is 35.9 Å². The molecule has 29 heavy (non-hydrogen) atoms. The maximum atomic E-state index is 13.0. The minimum atomic E-state index is -0.857. The van der Waals surface area contributed by atoms with Crippen LogP contribution in [-0.4, -0.2) is 63.1 Å². The first kappa shape index (κ1) is 22.5. The molecule has 0 saturated carbocycles. The molecule has 2 heterocycles. The molecule has 2 bridgehead atoms. The molecule has 5 heteroatoms. The van der Waals surface area contributed by atoms with Crippen molar-refractivity contribution in [3.8, 4) is 0 Å². The number of hydrogen-bond donors (Lipinski definition) is 0. The van der Waals surface area contributed by atoms with E-state index in [1.807, 2.05) is 19.0 Å². The summed E-state index contributed by atoms with van der Waals surface area (Å²) in [6.07, 6.45) is 5.36. The number of likely N-dealkylation sites (N-methyl/N-ethyl adjacent to an activating group) is 1. The summed E-state index contributed by atoms with van der Waals surface area (Å²) in [6.45, 7) is 6.73. The van der Waals surface area contributed by atoms with Crippen LogP contribution in [0.3, 0.4) is 0 Å². The van der Waals surface area contributed by atoms with Gasteiger partial charge in [0.05, 0.1) is 6.54 Å². The summed E-state index contributed by atoms with van der Waals surface area (Å²) in [7, 11) is 3.07. The third-order valence-electron chi connectivity index (χ3n) is 6.56. The number of benzene rings is 1. The van der Waals surface area contributed by atoms with Crippen LogP contribution >= 0.6 is 0 Å². The fourth-order valence-electron chi connectivity index (χ4n) is 5.09. The molecule has 5 atom stereocenters. The van der Waals surface area contributed by atoms with Crippen LogP contribution in [0.5, 0.6) is 0 Å². The van der Waals surface area contributed by atoms with Gasteiger partial charge in [-0.25, -0.2) is 0 Å². The summed E-state index contributed by atoms with van der Waals surface area (Å²) in [5.41, 5.74) is 1.34. The van der Waals surface area contributed by atoms with Gasteiger partial charge < -0.3 is 9.80 Å². The van der Waals surface area contributed by atoms with Gasteiger partial charge in [-0.15, -0.1) is 0 Å². The van der Waals surface area contributed by atoms with Crippen LogP contribution in [0.4, 0.5) is 0 Å². The smallest absolute Gasteiger partial charge is 0.237 e. The van der Waals surface area contributed by atoms with Gasteiger partial charge in [0, 0.05) is 33.4 Å². The highest BCUT2D eigenvalue weighted by Gasteiger charge is 2.45. The molecule has 1 unspecified atom stereocenters. The molecule has 0 aromatic heterocycles. The second kappa shape index (κ2) is 9.30. The lowest BCUT2D eigenvalue weighted by Gasteiger charge is -2.42. The van der Waals surface area contributed by atoms with Crippen molar-refractivity contribution >= 4 is 16.7 Å². The number of nitrogens with zero attached hydrogens (tertiary/aromatic N) is 2. The van der Waals surface area contributed by atoms with E-state index in [-0.39, 0.29) is 10.7 Å². The Balaban J connectivity index is 1.75. The Hall–Kier alpha value is -1.20. The molecule has 0 radical (unpaired) electrons. The fraction of sp³-hybridized carbons (Fsp3) is 0.708. The van der Waals surface area contributed by atoms with Crippen LogP contribution in [0.15, 0.2) is 30.3 Å². The quantitative estimate of drug-likeness (QED) is 0.678. The number of rotatable bonds is 7. The van der Waals surface area contributed by atoms with Crippen molar-refractivity contribution < 1.29 is 9.00 Å². The lowest BCUT2D eigenvalue weighted by Crippen LogP contribution is -2.51. The van der Waals surface area contributed by atoms with Gasteiger partial charge in [0.2, 0.25) is 5.91 Å². The molecule has 4 nitrogen and oxygen atoms in total. The van der Waals surface area contributed by atoms with E-state index in [1.165, 1.54) is 5.56 Å². The minimum absolute atomic E-state index is 0.184. The van der Waals surface area contributed by atoms with Gasteiger partial charge in [-0.2, -0.15) is 0 Å². The zero-order valence-electron chi connectivity index (χ0n) is 18.8. The maximum Gasteiger partial charge on any atom is 0.237 e. The maximum absolute atomic E-state index is 13.0. The summed E-state index contributed by atoms with van der Waals surface area (Å²) in [6, 6.07) is 11.4. The largest absolute Gasteiger partial charge is 0.336 e. The average molecular weight is 419 g/mol. The highest BCUT2D eigenvalue weighted by Crippen LogP contribution is 2.43. The standard InChI is InChI=1S/C24H38N2O2S/c1-24(2,3)29(28)17-20(13-18-9-7-6-8-10-18)19-14-21-11-12-22(15-19)26(21)23(27)16-25(4)5/h6-10,19-22H,11-17H2,1-5H3/t19?,20-,21-,22+,29+/m0/s1.